The highest BCUT2D eigenvalue weighted by Gasteiger charge is 2.05. The van der Waals surface area contributed by atoms with Crippen LogP contribution in [-0.2, 0) is 6.54 Å². The Hall–Kier alpha value is -2.33. The number of benzene rings is 2. The SMILES string of the molecule is Cc1ccccc1OCCCN(C)Cc1cccc(C(=O)O)c1. The molecule has 0 saturated heterocycles. The van der Waals surface area contributed by atoms with E-state index in [4.69, 9.17) is 9.84 Å². The summed E-state index contributed by atoms with van der Waals surface area (Å²) < 4.78 is 5.78. The van der Waals surface area contributed by atoms with Gasteiger partial charge in [-0.2, -0.15) is 0 Å². The highest BCUT2D eigenvalue weighted by molar-refractivity contribution is 5.87. The Labute approximate surface area is 137 Å². The number of hydrogen-bond acceptors (Lipinski definition) is 3. The number of rotatable bonds is 8. The topological polar surface area (TPSA) is 49.8 Å². The van der Waals surface area contributed by atoms with Crippen LogP contribution in [0.25, 0.3) is 0 Å². The fraction of sp³-hybridized carbons (Fsp3) is 0.316. The molecule has 0 heterocycles. The van der Waals surface area contributed by atoms with Gasteiger partial charge >= 0.3 is 5.97 Å². The quantitative estimate of drug-likeness (QED) is 0.757. The van der Waals surface area contributed by atoms with Gasteiger partial charge in [-0.15, -0.1) is 0 Å². The highest BCUT2D eigenvalue weighted by Crippen LogP contribution is 2.16. The number of carboxylic acids is 1. The molecule has 122 valence electrons. The lowest BCUT2D eigenvalue weighted by molar-refractivity contribution is 0.0696. The summed E-state index contributed by atoms with van der Waals surface area (Å²) in [5.41, 5.74) is 2.48. The lowest BCUT2D eigenvalue weighted by Gasteiger charge is -2.17. The standard InChI is InChI=1S/C19H23NO3/c1-15-7-3-4-10-18(15)23-12-6-11-20(2)14-16-8-5-9-17(13-16)19(21)22/h3-5,7-10,13H,6,11-12,14H2,1-2H3,(H,21,22). The van der Waals surface area contributed by atoms with Gasteiger partial charge in [0.05, 0.1) is 12.2 Å². The number of aryl methyl sites for hydroxylation is 1. The molecule has 2 rings (SSSR count). The van der Waals surface area contributed by atoms with Crippen molar-refractivity contribution in [3.63, 3.8) is 0 Å². The van der Waals surface area contributed by atoms with Crippen LogP contribution in [0.3, 0.4) is 0 Å². The zero-order valence-electron chi connectivity index (χ0n) is 13.7. The van der Waals surface area contributed by atoms with Gasteiger partial charge in [0.1, 0.15) is 5.75 Å². The second-order valence-corrected chi connectivity index (χ2v) is 5.71. The van der Waals surface area contributed by atoms with E-state index in [0.717, 1.165) is 36.4 Å². The van der Waals surface area contributed by atoms with Crippen molar-refractivity contribution in [2.24, 2.45) is 0 Å². The molecule has 23 heavy (non-hydrogen) atoms. The van der Waals surface area contributed by atoms with E-state index >= 15 is 0 Å². The second-order valence-electron chi connectivity index (χ2n) is 5.71. The summed E-state index contributed by atoms with van der Waals surface area (Å²) in [5.74, 6) is 0.0467. The van der Waals surface area contributed by atoms with E-state index in [0.29, 0.717) is 12.2 Å². The van der Waals surface area contributed by atoms with Gasteiger partial charge in [-0.1, -0.05) is 30.3 Å². The molecular weight excluding hydrogens is 290 g/mol. The third kappa shape index (κ3) is 5.42. The van der Waals surface area contributed by atoms with E-state index in [2.05, 4.69) is 4.90 Å². The third-order valence-electron chi connectivity index (χ3n) is 3.66. The summed E-state index contributed by atoms with van der Waals surface area (Å²) in [7, 11) is 2.03. The maximum atomic E-state index is 11.0. The van der Waals surface area contributed by atoms with Gasteiger partial charge < -0.3 is 14.7 Å². The average Bonchev–Trinajstić information content (AvgIpc) is 2.53. The minimum Gasteiger partial charge on any atom is -0.493 e. The Morgan fingerprint density at radius 3 is 2.70 bits per heavy atom. The number of carbonyl (C=O) groups is 1. The number of ether oxygens (including phenoxy) is 1. The lowest BCUT2D eigenvalue weighted by Crippen LogP contribution is -2.21. The van der Waals surface area contributed by atoms with Crippen LogP contribution in [0.4, 0.5) is 0 Å². The summed E-state index contributed by atoms with van der Waals surface area (Å²) in [6, 6.07) is 15.1. The van der Waals surface area contributed by atoms with Gasteiger partial charge in [-0.05, 0) is 49.7 Å². The van der Waals surface area contributed by atoms with Crippen molar-refractivity contribution in [3.8, 4) is 5.75 Å². The Kier molecular flexibility index (Phi) is 6.18. The molecule has 0 aliphatic heterocycles. The monoisotopic (exact) mass is 313 g/mol. The number of nitrogens with zero attached hydrogens (tertiary/aromatic N) is 1. The fourth-order valence-corrected chi connectivity index (χ4v) is 2.43. The summed E-state index contributed by atoms with van der Waals surface area (Å²) in [6.07, 6.45) is 0.920. The summed E-state index contributed by atoms with van der Waals surface area (Å²) >= 11 is 0. The molecule has 4 heteroatoms. The fourth-order valence-electron chi connectivity index (χ4n) is 2.43. The third-order valence-corrected chi connectivity index (χ3v) is 3.66. The van der Waals surface area contributed by atoms with Crippen LogP contribution < -0.4 is 4.74 Å². The van der Waals surface area contributed by atoms with Gasteiger partial charge in [0, 0.05) is 13.1 Å². The van der Waals surface area contributed by atoms with Gasteiger partial charge in [0.2, 0.25) is 0 Å². The summed E-state index contributed by atoms with van der Waals surface area (Å²) in [6.45, 7) is 4.33. The second kappa shape index (κ2) is 8.34. The van der Waals surface area contributed by atoms with Crippen molar-refractivity contribution in [2.45, 2.75) is 19.9 Å². The Bertz CT molecular complexity index is 655. The number of aromatic carboxylic acids is 1. The normalized spacial score (nSPS) is 10.7. The minimum atomic E-state index is -0.888. The molecule has 2 aromatic carbocycles. The molecule has 1 N–H and O–H groups in total. The Balaban J connectivity index is 1.75. The van der Waals surface area contributed by atoms with Crippen LogP contribution in [0.15, 0.2) is 48.5 Å². The van der Waals surface area contributed by atoms with Crippen LogP contribution in [-0.4, -0.2) is 36.2 Å². The van der Waals surface area contributed by atoms with E-state index in [1.165, 1.54) is 0 Å². The number of carboxylic acid groups (broad SMARTS) is 1. The first-order valence-corrected chi connectivity index (χ1v) is 7.75. The van der Waals surface area contributed by atoms with Crippen molar-refractivity contribution >= 4 is 5.97 Å². The molecule has 0 fully saturated rings. The molecule has 0 amide bonds. The van der Waals surface area contributed by atoms with Crippen molar-refractivity contribution in [1.82, 2.24) is 4.90 Å². The van der Waals surface area contributed by atoms with E-state index in [1.54, 1.807) is 18.2 Å². The predicted molar refractivity (Wildman–Crippen MR) is 91.0 cm³/mol. The summed E-state index contributed by atoms with van der Waals surface area (Å²) in [5, 5.41) is 9.02. The van der Waals surface area contributed by atoms with Crippen LogP contribution in [0.1, 0.15) is 27.9 Å². The molecule has 0 aromatic heterocycles. The largest absolute Gasteiger partial charge is 0.493 e. The predicted octanol–water partition coefficient (Wildman–Crippen LogP) is 3.59. The molecule has 0 atom stereocenters. The number of para-hydroxylation sites is 1. The van der Waals surface area contributed by atoms with E-state index < -0.39 is 5.97 Å². The Morgan fingerprint density at radius 2 is 1.96 bits per heavy atom. The van der Waals surface area contributed by atoms with E-state index in [1.807, 2.05) is 44.3 Å². The van der Waals surface area contributed by atoms with Gasteiger partial charge in [0.25, 0.3) is 0 Å². The van der Waals surface area contributed by atoms with Crippen LogP contribution >= 0.6 is 0 Å². The van der Waals surface area contributed by atoms with Crippen molar-refractivity contribution in [1.29, 1.82) is 0 Å². The molecule has 0 bridgehead atoms. The maximum Gasteiger partial charge on any atom is 0.335 e. The average molecular weight is 313 g/mol. The van der Waals surface area contributed by atoms with Crippen LogP contribution in [0.5, 0.6) is 5.75 Å². The van der Waals surface area contributed by atoms with E-state index in [9.17, 15) is 4.79 Å². The molecule has 4 nitrogen and oxygen atoms in total. The zero-order valence-corrected chi connectivity index (χ0v) is 13.7. The summed E-state index contributed by atoms with van der Waals surface area (Å²) in [4.78, 5) is 13.2. The minimum absolute atomic E-state index is 0.332. The van der Waals surface area contributed by atoms with Crippen molar-refractivity contribution < 1.29 is 14.6 Å². The lowest BCUT2D eigenvalue weighted by atomic mass is 10.1. The molecule has 0 saturated carbocycles. The first-order chi connectivity index (χ1) is 11.1. The molecule has 2 aromatic rings. The van der Waals surface area contributed by atoms with Gasteiger partial charge in [-0.3, -0.25) is 0 Å². The van der Waals surface area contributed by atoms with Crippen molar-refractivity contribution in [2.75, 3.05) is 20.2 Å². The van der Waals surface area contributed by atoms with Crippen molar-refractivity contribution in [3.05, 3.63) is 65.2 Å². The molecule has 0 unspecified atom stereocenters. The van der Waals surface area contributed by atoms with Gasteiger partial charge in [0.15, 0.2) is 0 Å². The van der Waals surface area contributed by atoms with Crippen LogP contribution in [0.2, 0.25) is 0 Å². The molecule has 0 aliphatic carbocycles. The van der Waals surface area contributed by atoms with E-state index in [-0.39, 0.29) is 0 Å². The first-order valence-electron chi connectivity index (χ1n) is 7.75. The number of hydrogen-bond donors (Lipinski definition) is 1. The molecule has 0 aliphatic rings. The zero-order chi connectivity index (χ0) is 16.7. The molecule has 0 radical (unpaired) electrons. The maximum absolute atomic E-state index is 11.0. The van der Waals surface area contributed by atoms with Gasteiger partial charge in [-0.25, -0.2) is 4.79 Å². The molecule has 0 spiro atoms. The first kappa shape index (κ1) is 17.0. The molecular formula is C19H23NO3. The Morgan fingerprint density at radius 1 is 1.17 bits per heavy atom. The van der Waals surface area contributed by atoms with Crippen LogP contribution in [0, 0.1) is 6.92 Å². The smallest absolute Gasteiger partial charge is 0.335 e. The highest BCUT2D eigenvalue weighted by atomic mass is 16.5.